The maximum atomic E-state index is 12.8. The van der Waals surface area contributed by atoms with Crippen LogP contribution in [-0.4, -0.2) is 105 Å². The van der Waals surface area contributed by atoms with E-state index in [1.807, 2.05) is 24.3 Å². The Morgan fingerprint density at radius 3 is 1.64 bits per heavy atom. The first-order valence-corrected chi connectivity index (χ1v) is 25.4. The minimum atomic E-state index is -4.40. The number of hydrogen-bond acceptors (Lipinski definition) is 9. The predicted octanol–water partition coefficient (Wildman–Crippen LogP) is 8.44. The minimum Gasteiger partial charge on any atom is -0.748 e. The summed E-state index contributed by atoms with van der Waals surface area (Å²) in [6.45, 7) is 13.9. The molecule has 0 unspecified atom stereocenters. The normalized spacial score (nSPS) is 21.0. The molecule has 4 aromatic rings. The van der Waals surface area contributed by atoms with E-state index in [4.69, 9.17) is 4.74 Å². The van der Waals surface area contributed by atoms with Crippen molar-refractivity contribution < 1.29 is 40.0 Å². The lowest BCUT2D eigenvalue weighted by atomic mass is 9.82. The molecule has 4 aliphatic rings. The zero-order valence-corrected chi connectivity index (χ0v) is 39.0. The monoisotopic (exact) mass is 906 g/mol. The summed E-state index contributed by atoms with van der Waals surface area (Å²) in [5.74, 6) is -0.793. The summed E-state index contributed by atoms with van der Waals surface area (Å²) in [6.07, 6.45) is 10.4. The van der Waals surface area contributed by atoms with Gasteiger partial charge in [0.05, 0.1) is 46.9 Å². The number of allylic oxidation sites excluding steroid dienone is 8. The van der Waals surface area contributed by atoms with Gasteiger partial charge in [0.2, 0.25) is 5.71 Å². The summed E-state index contributed by atoms with van der Waals surface area (Å²) in [4.78, 5) is 19.0. The SMILES string of the molecule is CCOC(=O)N1CC[N+](=C2/C(=C/C=C3/N(CCCS(=O)(=O)[O-])c4c(ccc5ccccc45)C3(C)C)CC/C2=C\C=C2\N(CCCS(=O)(=O)O)c3c(ccc4ccccc34)C2(C)C)CC1. The van der Waals surface area contributed by atoms with Crippen molar-refractivity contribution in [3.8, 4) is 0 Å². The van der Waals surface area contributed by atoms with Gasteiger partial charge < -0.3 is 19.1 Å². The van der Waals surface area contributed by atoms with Gasteiger partial charge in [-0.3, -0.25) is 9.45 Å². The highest BCUT2D eigenvalue weighted by atomic mass is 32.2. The van der Waals surface area contributed by atoms with Gasteiger partial charge in [0.15, 0.2) is 13.1 Å². The van der Waals surface area contributed by atoms with Crippen molar-refractivity contribution in [2.24, 2.45) is 0 Å². The fraction of sp³-hybridized carbons (Fsp3) is 0.400. The standard InChI is InChI=1S/C50H58N4O8S2/c1-6-62-48(55)52-31-29-51(30-32-52)45-37(21-25-43-49(2,3)41-23-19-35-13-7-9-15-39(35)46(41)53(43)27-11-33-63(56,57)58)17-18-38(45)22-26-44-50(4,5)42-24-20-36-14-8-10-16-40(36)47(42)54(44)28-12-34-64(59,60)61/h7-10,13-16,19-26H,6,11-12,17-18,27-34H2,1-5H3,(H-,56,57,58,59,60,61). The fourth-order valence-corrected chi connectivity index (χ4v) is 11.3. The summed E-state index contributed by atoms with van der Waals surface area (Å²) in [6, 6.07) is 25.0. The number of rotatable bonds is 11. The topological polar surface area (TPSA) is 151 Å². The van der Waals surface area contributed by atoms with Crippen LogP contribution in [0.25, 0.3) is 21.5 Å². The van der Waals surface area contributed by atoms with E-state index < -0.39 is 36.8 Å². The third kappa shape index (κ3) is 8.89. The molecule has 1 amide bonds. The molecule has 2 fully saturated rings. The average Bonchev–Trinajstić information content (AvgIpc) is 3.82. The van der Waals surface area contributed by atoms with Crippen LogP contribution in [0.4, 0.5) is 16.2 Å². The molecule has 0 radical (unpaired) electrons. The highest BCUT2D eigenvalue weighted by molar-refractivity contribution is 7.85. The Morgan fingerprint density at radius 2 is 1.19 bits per heavy atom. The van der Waals surface area contributed by atoms with Crippen molar-refractivity contribution >= 4 is 65.0 Å². The van der Waals surface area contributed by atoms with Gasteiger partial charge in [0.1, 0.15) is 0 Å². The van der Waals surface area contributed by atoms with Crippen molar-refractivity contribution in [1.29, 1.82) is 0 Å². The first kappa shape index (κ1) is 45.3. The molecule has 14 heteroatoms. The van der Waals surface area contributed by atoms with Crippen molar-refractivity contribution in [2.75, 3.05) is 67.2 Å². The number of ether oxygens (including phenoxy) is 1. The summed E-state index contributed by atoms with van der Waals surface area (Å²) < 4.78 is 76.5. The number of amides is 1. The largest absolute Gasteiger partial charge is 0.748 e. The molecular formula is C50H58N4O8S2. The Labute approximate surface area is 377 Å². The second-order valence-electron chi connectivity index (χ2n) is 18.2. The molecule has 12 nitrogen and oxygen atoms in total. The number of piperazine rings is 1. The summed E-state index contributed by atoms with van der Waals surface area (Å²) in [5, 5.41) is 4.31. The number of nitrogens with zero attached hydrogens (tertiary/aromatic N) is 4. The number of carbonyl (C=O) groups is 1. The van der Waals surface area contributed by atoms with Crippen LogP contribution in [0.1, 0.15) is 71.4 Å². The van der Waals surface area contributed by atoms with E-state index in [0.29, 0.717) is 45.9 Å². The Kier molecular flexibility index (Phi) is 12.5. The molecule has 338 valence electrons. The van der Waals surface area contributed by atoms with E-state index in [1.54, 1.807) is 11.8 Å². The van der Waals surface area contributed by atoms with Crippen LogP contribution in [0, 0.1) is 0 Å². The number of anilines is 2. The molecule has 3 aliphatic heterocycles. The van der Waals surface area contributed by atoms with Gasteiger partial charge in [-0.15, -0.1) is 0 Å². The highest BCUT2D eigenvalue weighted by Gasteiger charge is 2.43. The lowest BCUT2D eigenvalue weighted by Gasteiger charge is -2.27. The Morgan fingerprint density at radius 1 is 0.719 bits per heavy atom. The van der Waals surface area contributed by atoms with Crippen molar-refractivity contribution in [3.63, 3.8) is 0 Å². The second-order valence-corrected chi connectivity index (χ2v) is 21.3. The second kappa shape index (κ2) is 17.6. The quantitative estimate of drug-likeness (QED) is 0.115. The first-order valence-electron chi connectivity index (χ1n) is 22.2. The van der Waals surface area contributed by atoms with E-state index >= 15 is 0 Å². The van der Waals surface area contributed by atoms with Crippen molar-refractivity contribution in [1.82, 2.24) is 4.90 Å². The molecule has 3 heterocycles. The van der Waals surface area contributed by atoms with Gasteiger partial charge in [0.25, 0.3) is 10.1 Å². The molecule has 0 bridgehead atoms. The molecule has 1 N–H and O–H groups in total. The van der Waals surface area contributed by atoms with Crippen LogP contribution < -0.4 is 9.80 Å². The molecule has 4 aromatic carbocycles. The van der Waals surface area contributed by atoms with Gasteiger partial charge in [-0.05, 0) is 66.7 Å². The average molecular weight is 907 g/mol. The highest BCUT2D eigenvalue weighted by Crippen LogP contribution is 2.52. The minimum absolute atomic E-state index is 0.186. The fourth-order valence-electron chi connectivity index (χ4n) is 10.3. The zero-order valence-electron chi connectivity index (χ0n) is 37.3. The molecule has 0 atom stereocenters. The molecule has 1 saturated carbocycles. The summed E-state index contributed by atoms with van der Waals surface area (Å²) in [7, 11) is -8.56. The number of hydrogen-bond donors (Lipinski definition) is 1. The van der Waals surface area contributed by atoms with Crippen LogP contribution in [0.2, 0.25) is 0 Å². The molecular weight excluding hydrogens is 849 g/mol. The molecule has 8 rings (SSSR count). The smallest absolute Gasteiger partial charge is 0.410 e. The van der Waals surface area contributed by atoms with E-state index in [0.717, 1.165) is 85.1 Å². The maximum absolute atomic E-state index is 12.8. The molecule has 0 aromatic heterocycles. The third-order valence-corrected chi connectivity index (χ3v) is 15.0. The predicted molar refractivity (Wildman–Crippen MR) is 254 cm³/mol. The molecule has 0 spiro atoms. The number of fused-ring (bicyclic) bond motifs is 6. The first-order chi connectivity index (χ1) is 30.4. The van der Waals surface area contributed by atoms with Gasteiger partial charge in [-0.2, -0.15) is 8.42 Å². The van der Waals surface area contributed by atoms with Crippen LogP contribution in [0.3, 0.4) is 0 Å². The van der Waals surface area contributed by atoms with Crippen LogP contribution in [-0.2, 0) is 35.8 Å². The van der Waals surface area contributed by atoms with Gasteiger partial charge >= 0.3 is 6.09 Å². The lowest BCUT2D eigenvalue weighted by molar-refractivity contribution is -0.537. The zero-order chi connectivity index (χ0) is 45.6. The van der Waals surface area contributed by atoms with Gasteiger partial charge in [0, 0.05) is 63.0 Å². The van der Waals surface area contributed by atoms with Crippen LogP contribution in [0.5, 0.6) is 0 Å². The van der Waals surface area contributed by atoms with E-state index in [2.05, 4.69) is 115 Å². The van der Waals surface area contributed by atoms with E-state index in [1.165, 1.54) is 0 Å². The van der Waals surface area contributed by atoms with E-state index in [9.17, 15) is 30.7 Å². The van der Waals surface area contributed by atoms with Crippen LogP contribution >= 0.6 is 0 Å². The number of carbonyl (C=O) groups excluding carboxylic acids is 1. The molecule has 1 saturated heterocycles. The number of benzene rings is 4. The molecule has 1 aliphatic carbocycles. The Balaban J connectivity index is 1.22. The van der Waals surface area contributed by atoms with Crippen LogP contribution in [0.15, 0.2) is 120 Å². The summed E-state index contributed by atoms with van der Waals surface area (Å²) >= 11 is 0. The maximum Gasteiger partial charge on any atom is 0.410 e. The van der Waals surface area contributed by atoms with Gasteiger partial charge in [-0.1, -0.05) is 113 Å². The Hall–Kier alpha value is -5.28. The van der Waals surface area contributed by atoms with Gasteiger partial charge in [-0.25, -0.2) is 17.8 Å². The molecule has 64 heavy (non-hydrogen) atoms. The van der Waals surface area contributed by atoms with Crippen molar-refractivity contribution in [2.45, 2.75) is 71.1 Å². The van der Waals surface area contributed by atoms with E-state index in [-0.39, 0.29) is 24.7 Å². The Bertz CT molecular complexity index is 2730. The third-order valence-electron chi connectivity index (χ3n) is 13.4. The summed E-state index contributed by atoms with van der Waals surface area (Å²) in [5.41, 5.74) is 8.93. The van der Waals surface area contributed by atoms with Crippen molar-refractivity contribution in [3.05, 3.63) is 131 Å². The lowest BCUT2D eigenvalue weighted by Crippen LogP contribution is -2.47.